The summed E-state index contributed by atoms with van der Waals surface area (Å²) < 4.78 is 10.7. The van der Waals surface area contributed by atoms with Gasteiger partial charge in [-0.2, -0.15) is 0 Å². The fourth-order valence-electron chi connectivity index (χ4n) is 4.11. The topological polar surface area (TPSA) is 59.4 Å². The molecule has 3 rings (SSSR count). The van der Waals surface area contributed by atoms with Gasteiger partial charge in [-0.3, -0.25) is 0 Å². The van der Waals surface area contributed by atoms with Gasteiger partial charge < -0.3 is 14.9 Å². The van der Waals surface area contributed by atoms with Gasteiger partial charge in [0.15, 0.2) is 0 Å². The van der Waals surface area contributed by atoms with Gasteiger partial charge in [-0.15, -0.1) is 0 Å². The van der Waals surface area contributed by atoms with Gasteiger partial charge >= 0.3 is 5.97 Å². The molecule has 28 heavy (non-hydrogen) atoms. The summed E-state index contributed by atoms with van der Waals surface area (Å²) in [4.78, 5) is 12.4. The summed E-state index contributed by atoms with van der Waals surface area (Å²) in [6.07, 6.45) is 8.84. The predicted molar refractivity (Wildman–Crippen MR) is 112 cm³/mol. The van der Waals surface area contributed by atoms with Crippen molar-refractivity contribution in [2.75, 3.05) is 7.11 Å². The highest BCUT2D eigenvalue weighted by molar-refractivity contribution is 5.93. The van der Waals surface area contributed by atoms with Crippen LogP contribution in [0.3, 0.4) is 0 Å². The van der Waals surface area contributed by atoms with Gasteiger partial charge in [0.2, 0.25) is 0 Å². The highest BCUT2D eigenvalue weighted by Crippen LogP contribution is 2.38. The van der Waals surface area contributed by atoms with E-state index in [1.54, 1.807) is 31.4 Å². The Morgan fingerprint density at radius 3 is 2.43 bits per heavy atom. The lowest BCUT2D eigenvalue weighted by Crippen LogP contribution is -2.14. The van der Waals surface area contributed by atoms with Crippen molar-refractivity contribution < 1.29 is 14.3 Å². The van der Waals surface area contributed by atoms with Crippen LogP contribution in [-0.4, -0.2) is 19.3 Å². The van der Waals surface area contributed by atoms with Gasteiger partial charge in [-0.1, -0.05) is 25.8 Å². The van der Waals surface area contributed by atoms with E-state index in [0.29, 0.717) is 28.5 Å². The van der Waals surface area contributed by atoms with E-state index in [2.05, 4.69) is 13.0 Å². The number of carbonyl (C=O) groups is 1. The Morgan fingerprint density at radius 1 is 1.11 bits per heavy atom. The Labute approximate surface area is 167 Å². The second-order valence-electron chi connectivity index (χ2n) is 7.57. The summed E-state index contributed by atoms with van der Waals surface area (Å²) in [6, 6.07) is 12.7. The maximum absolute atomic E-state index is 12.4. The Kier molecular flexibility index (Phi) is 6.85. The lowest BCUT2D eigenvalue weighted by Gasteiger charge is -2.29. The van der Waals surface area contributed by atoms with E-state index in [9.17, 15) is 4.79 Å². The first kappa shape index (κ1) is 20.1. The largest absolute Gasteiger partial charge is 0.497 e. The summed E-state index contributed by atoms with van der Waals surface area (Å²) in [5.41, 5.74) is 2.35. The quantitative estimate of drug-likeness (QED) is 0.365. The molecule has 2 aromatic carbocycles. The van der Waals surface area contributed by atoms with Gasteiger partial charge in [-0.25, -0.2) is 4.79 Å². The lowest BCUT2D eigenvalue weighted by atomic mass is 9.77. The zero-order valence-corrected chi connectivity index (χ0v) is 16.7. The third-order valence-corrected chi connectivity index (χ3v) is 5.73. The Bertz CT molecular complexity index is 805. The van der Waals surface area contributed by atoms with Crippen LogP contribution in [-0.2, 0) is 0 Å². The molecule has 4 nitrogen and oxygen atoms in total. The van der Waals surface area contributed by atoms with Gasteiger partial charge in [0.05, 0.1) is 12.7 Å². The molecule has 2 aromatic rings. The number of ether oxygens (including phenoxy) is 2. The van der Waals surface area contributed by atoms with Crippen LogP contribution in [0.25, 0.3) is 0 Å². The monoisotopic (exact) mass is 379 g/mol. The highest BCUT2D eigenvalue weighted by atomic mass is 16.5. The lowest BCUT2D eigenvalue weighted by molar-refractivity contribution is 0.0734. The first-order valence-corrected chi connectivity index (χ1v) is 10.1. The number of hydrogen-bond donors (Lipinski definition) is 1. The van der Waals surface area contributed by atoms with Crippen molar-refractivity contribution in [2.45, 2.75) is 51.4 Å². The normalized spacial score (nSPS) is 19.1. The van der Waals surface area contributed by atoms with Crippen molar-refractivity contribution in [2.24, 2.45) is 5.92 Å². The van der Waals surface area contributed by atoms with Crippen LogP contribution in [0.15, 0.2) is 42.5 Å². The number of esters is 1. The van der Waals surface area contributed by atoms with E-state index in [4.69, 9.17) is 14.9 Å². The van der Waals surface area contributed by atoms with Crippen LogP contribution in [0.5, 0.6) is 11.5 Å². The molecular weight excluding hydrogens is 350 g/mol. The molecule has 0 bridgehead atoms. The summed E-state index contributed by atoms with van der Waals surface area (Å²) in [6.45, 7) is 2.26. The minimum absolute atomic E-state index is 0.430. The van der Waals surface area contributed by atoms with Crippen LogP contribution in [0, 0.1) is 11.3 Å². The molecule has 1 N–H and O–H groups in total. The predicted octanol–water partition coefficient (Wildman–Crippen LogP) is 5.99. The number of carbonyl (C=O) groups excluding carboxylic acids is 1. The van der Waals surface area contributed by atoms with Crippen LogP contribution in [0.4, 0.5) is 0 Å². The van der Waals surface area contributed by atoms with Crippen molar-refractivity contribution >= 4 is 12.2 Å². The Hall–Kier alpha value is -2.62. The zero-order chi connectivity index (χ0) is 19.9. The van der Waals surface area contributed by atoms with Crippen molar-refractivity contribution in [3.63, 3.8) is 0 Å². The van der Waals surface area contributed by atoms with Crippen LogP contribution >= 0.6 is 0 Å². The molecule has 1 fully saturated rings. The minimum atomic E-state index is -0.432. The minimum Gasteiger partial charge on any atom is -0.497 e. The fraction of sp³-hybridized carbons (Fsp3) is 0.417. The number of rotatable bonds is 7. The summed E-state index contributed by atoms with van der Waals surface area (Å²) in [7, 11) is 1.58. The second kappa shape index (κ2) is 9.54. The fourth-order valence-corrected chi connectivity index (χ4v) is 4.11. The van der Waals surface area contributed by atoms with Crippen LogP contribution < -0.4 is 9.47 Å². The summed E-state index contributed by atoms with van der Waals surface area (Å²) in [5.74, 6) is 2.10. The highest BCUT2D eigenvalue weighted by Gasteiger charge is 2.22. The molecule has 0 atom stereocenters. The number of nitrogens with one attached hydrogen (secondary N) is 1. The molecular formula is C24H29NO3. The molecule has 1 aliphatic carbocycles. The number of benzene rings is 2. The van der Waals surface area contributed by atoms with Gasteiger partial charge in [-0.05, 0) is 79.5 Å². The molecule has 0 unspecified atom stereocenters. The second-order valence-corrected chi connectivity index (χ2v) is 7.57. The standard InChI is InChI=1S/C24H29NO3/c1-3-4-17-5-7-18(8-6-17)20-11-14-23(21(15-20)16-25)28-24(26)19-9-12-22(27-2)13-10-19/h9-18,25H,3-8H2,1-2H3. The maximum Gasteiger partial charge on any atom is 0.343 e. The van der Waals surface area contributed by atoms with Crippen molar-refractivity contribution in [3.05, 3.63) is 59.2 Å². The van der Waals surface area contributed by atoms with E-state index >= 15 is 0 Å². The van der Waals surface area contributed by atoms with E-state index in [1.807, 2.05) is 12.1 Å². The molecule has 1 aliphatic rings. The first-order valence-electron chi connectivity index (χ1n) is 10.1. The zero-order valence-electron chi connectivity index (χ0n) is 16.7. The molecule has 0 saturated heterocycles. The van der Waals surface area contributed by atoms with Gasteiger partial charge in [0.25, 0.3) is 0 Å². The molecule has 148 valence electrons. The van der Waals surface area contributed by atoms with Gasteiger partial charge in [0.1, 0.15) is 11.5 Å². The summed E-state index contributed by atoms with van der Waals surface area (Å²) in [5, 5.41) is 7.75. The van der Waals surface area contributed by atoms with Gasteiger partial charge in [0, 0.05) is 11.8 Å². The molecule has 0 amide bonds. The van der Waals surface area contributed by atoms with E-state index in [-0.39, 0.29) is 0 Å². The molecule has 0 spiro atoms. The van der Waals surface area contributed by atoms with Crippen molar-refractivity contribution in [1.82, 2.24) is 0 Å². The molecule has 0 aliphatic heterocycles. The van der Waals surface area contributed by atoms with Crippen LogP contribution in [0.2, 0.25) is 0 Å². The van der Waals surface area contributed by atoms with E-state index in [0.717, 1.165) is 5.92 Å². The third kappa shape index (κ3) is 4.80. The molecule has 1 saturated carbocycles. The molecule has 4 heteroatoms. The Morgan fingerprint density at radius 2 is 1.82 bits per heavy atom. The van der Waals surface area contributed by atoms with Crippen molar-refractivity contribution in [3.8, 4) is 11.5 Å². The Balaban J connectivity index is 1.69. The van der Waals surface area contributed by atoms with Crippen molar-refractivity contribution in [1.29, 1.82) is 5.41 Å². The average molecular weight is 380 g/mol. The SMILES string of the molecule is CCCC1CCC(c2ccc(OC(=O)c3ccc(OC)cc3)c(C=N)c2)CC1. The average Bonchev–Trinajstić information content (AvgIpc) is 2.75. The van der Waals surface area contributed by atoms with E-state index < -0.39 is 5.97 Å². The third-order valence-electron chi connectivity index (χ3n) is 5.73. The summed E-state index contributed by atoms with van der Waals surface area (Å²) >= 11 is 0. The smallest absolute Gasteiger partial charge is 0.343 e. The molecule has 0 aromatic heterocycles. The van der Waals surface area contributed by atoms with Crippen LogP contribution in [0.1, 0.15) is 72.9 Å². The van der Waals surface area contributed by atoms with E-state index in [1.165, 1.54) is 50.3 Å². The number of methoxy groups -OCH3 is 1. The molecule has 0 radical (unpaired) electrons. The maximum atomic E-state index is 12.4. The molecule has 0 heterocycles. The first-order chi connectivity index (χ1) is 13.6. The number of hydrogen-bond acceptors (Lipinski definition) is 4.